The van der Waals surface area contributed by atoms with Gasteiger partial charge >= 0.3 is 0 Å². The average Bonchev–Trinajstić information content (AvgIpc) is 2.19. The molecule has 0 aliphatic heterocycles. The summed E-state index contributed by atoms with van der Waals surface area (Å²) in [5.74, 6) is 2.76. The molecule has 96 valence electrons. The van der Waals surface area contributed by atoms with E-state index in [4.69, 9.17) is 0 Å². The summed E-state index contributed by atoms with van der Waals surface area (Å²) in [5, 5.41) is 0. The number of rotatable bonds is 4. The third-order valence-electron chi connectivity index (χ3n) is 3.22. The Bertz CT molecular complexity index is 364. The minimum absolute atomic E-state index is 0.341. The molecular weight excluding hydrogens is 244 g/mol. The van der Waals surface area contributed by atoms with Crippen molar-refractivity contribution < 1.29 is 0 Å². The fourth-order valence-electron chi connectivity index (χ4n) is 1.73. The van der Waals surface area contributed by atoms with Crippen molar-refractivity contribution in [2.45, 2.75) is 39.5 Å². The standard InChI is InChI=1S/C15H24S2/c1-11-6-7-14(12(2)8-11)17-10-13(9-16)15(3,4)5/h6-8,13,16H,9-10H2,1-5H3. The van der Waals surface area contributed by atoms with Crippen molar-refractivity contribution in [1.82, 2.24) is 0 Å². The maximum Gasteiger partial charge on any atom is 0.0101 e. The van der Waals surface area contributed by atoms with E-state index in [-0.39, 0.29) is 0 Å². The van der Waals surface area contributed by atoms with Gasteiger partial charge in [-0.1, -0.05) is 38.5 Å². The van der Waals surface area contributed by atoms with Crippen molar-refractivity contribution in [3.8, 4) is 0 Å². The molecule has 1 aromatic carbocycles. The van der Waals surface area contributed by atoms with Gasteiger partial charge < -0.3 is 0 Å². The predicted octanol–water partition coefficient (Wildman–Crippen LogP) is 4.99. The van der Waals surface area contributed by atoms with Gasteiger partial charge in [0.25, 0.3) is 0 Å². The third kappa shape index (κ3) is 4.59. The van der Waals surface area contributed by atoms with E-state index < -0.39 is 0 Å². The molecule has 0 nitrogen and oxygen atoms in total. The molecular formula is C15H24S2. The number of thioether (sulfide) groups is 1. The van der Waals surface area contributed by atoms with E-state index >= 15 is 0 Å². The smallest absolute Gasteiger partial charge is 0.0101 e. The monoisotopic (exact) mass is 268 g/mol. The third-order valence-corrected chi connectivity index (χ3v) is 4.99. The highest BCUT2D eigenvalue weighted by Crippen LogP contribution is 2.33. The van der Waals surface area contributed by atoms with Gasteiger partial charge in [0.1, 0.15) is 0 Å². The van der Waals surface area contributed by atoms with E-state index in [1.165, 1.54) is 16.0 Å². The van der Waals surface area contributed by atoms with Gasteiger partial charge in [-0.15, -0.1) is 11.8 Å². The van der Waals surface area contributed by atoms with Crippen molar-refractivity contribution in [3.05, 3.63) is 29.3 Å². The number of benzene rings is 1. The lowest BCUT2D eigenvalue weighted by molar-refractivity contribution is 0.294. The summed E-state index contributed by atoms with van der Waals surface area (Å²) in [7, 11) is 0. The molecule has 2 heteroatoms. The molecule has 1 atom stereocenters. The minimum Gasteiger partial charge on any atom is -0.179 e. The van der Waals surface area contributed by atoms with Gasteiger partial charge in [0.05, 0.1) is 0 Å². The first-order valence-electron chi connectivity index (χ1n) is 6.15. The Labute approximate surface area is 116 Å². The second-order valence-electron chi connectivity index (χ2n) is 5.83. The second kappa shape index (κ2) is 6.19. The highest BCUT2D eigenvalue weighted by molar-refractivity contribution is 7.99. The molecule has 0 radical (unpaired) electrons. The minimum atomic E-state index is 0.341. The van der Waals surface area contributed by atoms with Crippen LogP contribution in [0.4, 0.5) is 0 Å². The van der Waals surface area contributed by atoms with Crippen LogP contribution in [0.2, 0.25) is 0 Å². The van der Waals surface area contributed by atoms with Gasteiger partial charge in [0.2, 0.25) is 0 Å². The van der Waals surface area contributed by atoms with Gasteiger partial charge in [-0.25, -0.2) is 0 Å². The molecule has 0 fully saturated rings. The van der Waals surface area contributed by atoms with Gasteiger partial charge in [0, 0.05) is 10.6 Å². The lowest BCUT2D eigenvalue weighted by Crippen LogP contribution is -2.24. The Morgan fingerprint density at radius 2 is 1.88 bits per heavy atom. The normalized spacial score (nSPS) is 13.8. The molecule has 0 aliphatic rings. The molecule has 0 aromatic heterocycles. The van der Waals surface area contributed by atoms with E-state index in [2.05, 4.69) is 65.4 Å². The zero-order chi connectivity index (χ0) is 13.1. The molecule has 0 amide bonds. The Balaban J connectivity index is 2.66. The van der Waals surface area contributed by atoms with E-state index in [9.17, 15) is 0 Å². The van der Waals surface area contributed by atoms with Gasteiger partial charge in [-0.2, -0.15) is 12.6 Å². The largest absolute Gasteiger partial charge is 0.179 e. The number of thiol groups is 1. The van der Waals surface area contributed by atoms with Crippen LogP contribution < -0.4 is 0 Å². The van der Waals surface area contributed by atoms with Crippen molar-refractivity contribution in [3.63, 3.8) is 0 Å². The Kier molecular flexibility index (Phi) is 5.46. The van der Waals surface area contributed by atoms with Crippen LogP contribution in [0.15, 0.2) is 23.1 Å². The average molecular weight is 268 g/mol. The van der Waals surface area contributed by atoms with Crippen molar-refractivity contribution >= 4 is 24.4 Å². The zero-order valence-electron chi connectivity index (χ0n) is 11.6. The first-order chi connectivity index (χ1) is 7.84. The highest BCUT2D eigenvalue weighted by Gasteiger charge is 2.23. The molecule has 1 rings (SSSR count). The topological polar surface area (TPSA) is 0 Å². The van der Waals surface area contributed by atoms with Gasteiger partial charge in [-0.3, -0.25) is 0 Å². The number of aryl methyl sites for hydroxylation is 2. The SMILES string of the molecule is Cc1ccc(SCC(CS)C(C)(C)C)c(C)c1. The van der Waals surface area contributed by atoms with E-state index in [0.717, 1.165) is 11.5 Å². The predicted molar refractivity (Wildman–Crippen MR) is 83.4 cm³/mol. The molecule has 1 aromatic rings. The number of hydrogen-bond acceptors (Lipinski definition) is 2. The van der Waals surface area contributed by atoms with Gasteiger partial charge in [-0.05, 0) is 42.6 Å². The van der Waals surface area contributed by atoms with Crippen LogP contribution in [0.3, 0.4) is 0 Å². The quantitative estimate of drug-likeness (QED) is 0.593. The van der Waals surface area contributed by atoms with Crippen molar-refractivity contribution in [1.29, 1.82) is 0 Å². The lowest BCUT2D eigenvalue weighted by atomic mass is 9.83. The second-order valence-corrected chi connectivity index (χ2v) is 7.25. The molecule has 0 heterocycles. The summed E-state index contributed by atoms with van der Waals surface area (Å²) < 4.78 is 0. The molecule has 1 unspecified atom stereocenters. The summed E-state index contributed by atoms with van der Waals surface area (Å²) in [4.78, 5) is 1.41. The molecule has 0 aliphatic carbocycles. The van der Waals surface area contributed by atoms with E-state index in [1.807, 2.05) is 11.8 Å². The molecule has 17 heavy (non-hydrogen) atoms. The zero-order valence-corrected chi connectivity index (χ0v) is 13.3. The Morgan fingerprint density at radius 3 is 2.35 bits per heavy atom. The highest BCUT2D eigenvalue weighted by atomic mass is 32.2. The first kappa shape index (κ1) is 15.0. The van der Waals surface area contributed by atoms with Crippen LogP contribution in [0.25, 0.3) is 0 Å². The molecule has 0 bridgehead atoms. The van der Waals surface area contributed by atoms with Crippen LogP contribution in [-0.4, -0.2) is 11.5 Å². The maximum absolute atomic E-state index is 4.48. The summed E-state index contributed by atoms with van der Waals surface area (Å²) in [6.45, 7) is 11.2. The van der Waals surface area contributed by atoms with Crippen LogP contribution in [0.5, 0.6) is 0 Å². The maximum atomic E-state index is 4.48. The molecule has 0 spiro atoms. The van der Waals surface area contributed by atoms with Crippen molar-refractivity contribution in [2.24, 2.45) is 11.3 Å². The fourth-order valence-corrected chi connectivity index (χ4v) is 4.03. The van der Waals surface area contributed by atoms with Crippen LogP contribution in [0, 0.1) is 25.2 Å². The van der Waals surface area contributed by atoms with E-state index in [0.29, 0.717) is 11.3 Å². The summed E-state index contributed by atoms with van der Waals surface area (Å²) in [6.07, 6.45) is 0. The summed E-state index contributed by atoms with van der Waals surface area (Å²) in [5.41, 5.74) is 3.07. The first-order valence-corrected chi connectivity index (χ1v) is 7.77. The van der Waals surface area contributed by atoms with Crippen molar-refractivity contribution in [2.75, 3.05) is 11.5 Å². The van der Waals surface area contributed by atoms with Gasteiger partial charge in [0.15, 0.2) is 0 Å². The fraction of sp³-hybridized carbons (Fsp3) is 0.600. The van der Waals surface area contributed by atoms with Crippen LogP contribution in [-0.2, 0) is 0 Å². The van der Waals surface area contributed by atoms with E-state index in [1.54, 1.807) is 0 Å². The Morgan fingerprint density at radius 1 is 1.24 bits per heavy atom. The van der Waals surface area contributed by atoms with Crippen LogP contribution in [0.1, 0.15) is 31.9 Å². The molecule has 0 saturated carbocycles. The Hall–Kier alpha value is -0.0800. The number of hydrogen-bond donors (Lipinski definition) is 1. The molecule has 0 saturated heterocycles. The molecule has 0 N–H and O–H groups in total. The summed E-state index contributed by atoms with van der Waals surface area (Å²) in [6, 6.07) is 6.70. The summed E-state index contributed by atoms with van der Waals surface area (Å²) >= 11 is 6.45. The lowest BCUT2D eigenvalue weighted by Gasteiger charge is -2.29. The van der Waals surface area contributed by atoms with Crippen LogP contribution >= 0.6 is 24.4 Å².